The van der Waals surface area contributed by atoms with Gasteiger partial charge in [-0.05, 0) is 61.0 Å². The van der Waals surface area contributed by atoms with E-state index in [2.05, 4.69) is 17.4 Å². The molecule has 3 aromatic carbocycles. The van der Waals surface area contributed by atoms with Gasteiger partial charge >= 0.3 is 0 Å². The van der Waals surface area contributed by atoms with Crippen LogP contribution in [-0.4, -0.2) is 25.7 Å². The monoisotopic (exact) mass is 407 g/mol. The van der Waals surface area contributed by atoms with Gasteiger partial charge < -0.3 is 14.8 Å². The maximum absolute atomic E-state index is 12.5. The van der Waals surface area contributed by atoms with Gasteiger partial charge in [-0.25, -0.2) is 0 Å². The number of hydrogen-bond donors (Lipinski definition) is 1. The average Bonchev–Trinajstić information content (AvgIpc) is 2.77. The lowest BCUT2D eigenvalue weighted by Crippen LogP contribution is -2.36. The van der Waals surface area contributed by atoms with E-state index in [1.54, 1.807) is 18.9 Å². The topological polar surface area (TPSA) is 47.6 Å². The summed E-state index contributed by atoms with van der Waals surface area (Å²) in [4.78, 5) is 13.7. The van der Waals surface area contributed by atoms with Crippen LogP contribution in [0.5, 0.6) is 11.5 Å². The van der Waals surface area contributed by atoms with Gasteiger partial charge in [0.05, 0.1) is 13.2 Å². The highest BCUT2D eigenvalue weighted by Crippen LogP contribution is 2.22. The van der Waals surface area contributed by atoms with Gasteiger partial charge in [-0.15, -0.1) is 11.8 Å². The predicted molar refractivity (Wildman–Crippen MR) is 118 cm³/mol. The minimum absolute atomic E-state index is 0.0990. The molecule has 4 nitrogen and oxygen atoms in total. The summed E-state index contributed by atoms with van der Waals surface area (Å²) in [6.07, 6.45) is 0. The quantitative estimate of drug-likeness (QED) is 0.496. The Balaban J connectivity index is 1.45. The molecule has 0 aliphatic carbocycles. The van der Waals surface area contributed by atoms with Gasteiger partial charge in [0.15, 0.2) is 0 Å². The van der Waals surface area contributed by atoms with Crippen molar-refractivity contribution in [1.82, 2.24) is 5.32 Å². The molecule has 0 unspecified atom stereocenters. The summed E-state index contributed by atoms with van der Waals surface area (Å²) in [6, 6.07) is 25.3. The molecule has 3 aromatic rings. The van der Waals surface area contributed by atoms with Crippen LogP contribution in [0, 0.1) is 0 Å². The highest BCUT2D eigenvalue weighted by molar-refractivity contribution is 7.98. The lowest BCUT2D eigenvalue weighted by molar-refractivity contribution is 0.0926. The van der Waals surface area contributed by atoms with E-state index in [0.29, 0.717) is 12.2 Å². The Morgan fingerprint density at radius 2 is 1.59 bits per heavy atom. The number of thioether (sulfide) groups is 1. The largest absolute Gasteiger partial charge is 0.497 e. The first-order valence-electron chi connectivity index (χ1n) is 9.48. The van der Waals surface area contributed by atoms with Crippen LogP contribution in [-0.2, 0) is 5.75 Å². The molecule has 0 radical (unpaired) electrons. The summed E-state index contributed by atoms with van der Waals surface area (Å²) in [5.41, 5.74) is 1.83. The van der Waals surface area contributed by atoms with Crippen LogP contribution >= 0.6 is 11.8 Å². The Hall–Kier alpha value is -2.92. The van der Waals surface area contributed by atoms with E-state index >= 15 is 0 Å². The molecule has 3 rings (SSSR count). The molecule has 0 aromatic heterocycles. The molecule has 0 spiro atoms. The van der Waals surface area contributed by atoms with E-state index in [0.717, 1.165) is 17.3 Å². The molecule has 1 amide bonds. The second kappa shape index (κ2) is 10.6. The molecule has 5 heteroatoms. The van der Waals surface area contributed by atoms with Crippen LogP contribution in [0.4, 0.5) is 0 Å². The lowest BCUT2D eigenvalue weighted by atomic mass is 10.1. The number of carbonyl (C=O) groups excluding carboxylic acids is 1. The van der Waals surface area contributed by atoms with Crippen molar-refractivity contribution in [2.24, 2.45) is 0 Å². The van der Waals surface area contributed by atoms with Crippen molar-refractivity contribution < 1.29 is 14.3 Å². The molecule has 0 fully saturated rings. The van der Waals surface area contributed by atoms with Crippen molar-refractivity contribution in [3.05, 3.63) is 90.0 Å². The fourth-order valence-electron chi connectivity index (χ4n) is 2.68. The number of rotatable bonds is 9. The zero-order valence-corrected chi connectivity index (χ0v) is 17.4. The summed E-state index contributed by atoms with van der Waals surface area (Å²) in [5, 5.41) is 2.97. The number of ether oxygens (including phenoxy) is 2. The van der Waals surface area contributed by atoms with E-state index in [9.17, 15) is 4.79 Å². The van der Waals surface area contributed by atoms with Gasteiger partial charge in [-0.1, -0.05) is 30.3 Å². The third-order valence-corrected chi connectivity index (χ3v) is 5.38. The number of hydrogen-bond acceptors (Lipinski definition) is 4. The van der Waals surface area contributed by atoms with Gasteiger partial charge in [-0.3, -0.25) is 4.79 Å². The average molecular weight is 408 g/mol. The molecule has 29 heavy (non-hydrogen) atoms. The van der Waals surface area contributed by atoms with Crippen LogP contribution < -0.4 is 14.8 Å². The van der Waals surface area contributed by atoms with Crippen LogP contribution in [0.2, 0.25) is 0 Å². The Morgan fingerprint density at radius 3 is 2.24 bits per heavy atom. The molecule has 0 aliphatic rings. The lowest BCUT2D eigenvalue weighted by Gasteiger charge is -2.15. The standard InChI is InChI=1S/C24H25NO3S/c1-18(16-28-22-14-12-21(27-2)13-15-22)25-24(26)20-10-8-19(9-11-20)17-29-23-6-4-3-5-7-23/h3-15,18H,16-17H2,1-2H3,(H,25,26)/t18-/m1/s1. The molecule has 0 bridgehead atoms. The predicted octanol–water partition coefficient (Wildman–Crippen LogP) is 5.18. The molecule has 0 aliphatic heterocycles. The highest BCUT2D eigenvalue weighted by atomic mass is 32.2. The first kappa shape index (κ1) is 20.8. The minimum Gasteiger partial charge on any atom is -0.497 e. The van der Waals surface area contributed by atoms with Crippen molar-refractivity contribution in [1.29, 1.82) is 0 Å². The summed E-state index contributed by atoms with van der Waals surface area (Å²) >= 11 is 1.78. The molecular weight excluding hydrogens is 382 g/mol. The third-order valence-electron chi connectivity index (χ3n) is 4.30. The number of nitrogens with one attached hydrogen (secondary N) is 1. The minimum atomic E-state index is -0.113. The van der Waals surface area contributed by atoms with Gasteiger partial charge in [0, 0.05) is 16.2 Å². The van der Waals surface area contributed by atoms with Crippen LogP contribution in [0.1, 0.15) is 22.8 Å². The molecule has 0 saturated carbocycles. The smallest absolute Gasteiger partial charge is 0.251 e. The molecule has 0 saturated heterocycles. The summed E-state index contributed by atoms with van der Waals surface area (Å²) < 4.78 is 10.9. The second-order valence-corrected chi connectivity index (χ2v) is 7.71. The second-order valence-electron chi connectivity index (χ2n) is 6.66. The van der Waals surface area contributed by atoms with Gasteiger partial charge in [0.1, 0.15) is 18.1 Å². The zero-order valence-electron chi connectivity index (χ0n) is 16.6. The Labute approximate surface area is 176 Å². The van der Waals surface area contributed by atoms with E-state index in [1.165, 1.54) is 10.5 Å². The van der Waals surface area contributed by atoms with Crippen molar-refractivity contribution in [3.8, 4) is 11.5 Å². The normalized spacial score (nSPS) is 11.5. The molecule has 1 N–H and O–H groups in total. The molecular formula is C24H25NO3S. The first-order valence-corrected chi connectivity index (χ1v) is 10.5. The molecule has 0 heterocycles. The maximum Gasteiger partial charge on any atom is 0.251 e. The van der Waals surface area contributed by atoms with E-state index in [-0.39, 0.29) is 11.9 Å². The van der Waals surface area contributed by atoms with Gasteiger partial charge in [0.2, 0.25) is 0 Å². The third kappa shape index (κ3) is 6.57. The Morgan fingerprint density at radius 1 is 0.931 bits per heavy atom. The van der Waals surface area contributed by atoms with Crippen molar-refractivity contribution >= 4 is 17.7 Å². The Bertz CT molecular complexity index is 896. The van der Waals surface area contributed by atoms with E-state index < -0.39 is 0 Å². The SMILES string of the molecule is COc1ccc(OC[C@@H](C)NC(=O)c2ccc(CSc3ccccc3)cc2)cc1. The van der Waals surface area contributed by atoms with Crippen LogP contribution in [0.15, 0.2) is 83.8 Å². The number of amides is 1. The van der Waals surface area contributed by atoms with E-state index in [1.807, 2.05) is 73.7 Å². The molecule has 150 valence electrons. The number of carbonyl (C=O) groups is 1. The van der Waals surface area contributed by atoms with Gasteiger partial charge in [0.25, 0.3) is 5.91 Å². The van der Waals surface area contributed by atoms with Gasteiger partial charge in [-0.2, -0.15) is 0 Å². The fourth-order valence-corrected chi connectivity index (χ4v) is 3.55. The summed E-state index contributed by atoms with van der Waals surface area (Å²) in [7, 11) is 1.63. The fraction of sp³-hybridized carbons (Fsp3) is 0.208. The van der Waals surface area contributed by atoms with Crippen LogP contribution in [0.25, 0.3) is 0 Å². The number of benzene rings is 3. The van der Waals surface area contributed by atoms with Crippen molar-refractivity contribution in [3.63, 3.8) is 0 Å². The first-order chi connectivity index (χ1) is 14.1. The molecule has 1 atom stereocenters. The van der Waals surface area contributed by atoms with Crippen LogP contribution in [0.3, 0.4) is 0 Å². The highest BCUT2D eigenvalue weighted by Gasteiger charge is 2.10. The maximum atomic E-state index is 12.5. The summed E-state index contributed by atoms with van der Waals surface area (Å²) in [6.45, 7) is 2.32. The zero-order chi connectivity index (χ0) is 20.5. The number of methoxy groups -OCH3 is 1. The van der Waals surface area contributed by atoms with Crippen molar-refractivity contribution in [2.75, 3.05) is 13.7 Å². The Kier molecular flexibility index (Phi) is 7.59. The summed E-state index contributed by atoms with van der Waals surface area (Å²) in [5.74, 6) is 2.30. The van der Waals surface area contributed by atoms with Crippen molar-refractivity contribution in [2.45, 2.75) is 23.6 Å². The van der Waals surface area contributed by atoms with E-state index in [4.69, 9.17) is 9.47 Å².